The van der Waals surface area contributed by atoms with Gasteiger partial charge in [0.05, 0.1) is 15.2 Å². The Morgan fingerprint density at radius 2 is 2.12 bits per heavy atom. The molecule has 16 heavy (non-hydrogen) atoms. The maximum Gasteiger partial charge on any atom is 0.165 e. The molecule has 0 amide bonds. The van der Waals surface area contributed by atoms with Gasteiger partial charge in [0.2, 0.25) is 0 Å². The Hall–Kier alpha value is -0.740. The summed E-state index contributed by atoms with van der Waals surface area (Å²) in [5.74, 6) is 0.139. The Kier molecular flexibility index (Phi) is 3.13. The summed E-state index contributed by atoms with van der Waals surface area (Å²) in [5.41, 5.74) is 1.14. The molecule has 2 aromatic rings. The van der Waals surface area contributed by atoms with Crippen LogP contribution < -0.4 is 0 Å². The Balaban J connectivity index is 2.94. The molecule has 84 valence electrons. The molecule has 0 bridgehead atoms. The highest BCUT2D eigenvalue weighted by Crippen LogP contribution is 2.32. The summed E-state index contributed by atoms with van der Waals surface area (Å²) < 4.78 is 14.2. The smallest absolute Gasteiger partial charge is 0.165 e. The van der Waals surface area contributed by atoms with Crippen molar-refractivity contribution in [2.24, 2.45) is 0 Å². The zero-order valence-corrected chi connectivity index (χ0v) is 11.2. The van der Waals surface area contributed by atoms with Crippen LogP contribution in [0.5, 0.6) is 0 Å². The molecule has 1 aromatic heterocycles. The van der Waals surface area contributed by atoms with Crippen LogP contribution in [0.2, 0.25) is 5.02 Å². The van der Waals surface area contributed by atoms with Gasteiger partial charge in [-0.05, 0) is 35.3 Å². The molecule has 0 aliphatic rings. The number of aryl methyl sites for hydroxylation is 2. The molecule has 0 aliphatic carbocycles. The highest BCUT2D eigenvalue weighted by atomic mass is 79.9. The number of hydrogen-bond donors (Lipinski definition) is 0. The second kappa shape index (κ2) is 4.26. The van der Waals surface area contributed by atoms with Crippen molar-refractivity contribution in [1.29, 1.82) is 0 Å². The third-order valence-electron chi connectivity index (χ3n) is 2.35. The summed E-state index contributed by atoms with van der Waals surface area (Å²) >= 11 is 9.02. The van der Waals surface area contributed by atoms with Crippen molar-refractivity contribution in [3.05, 3.63) is 32.9 Å². The van der Waals surface area contributed by atoms with Crippen LogP contribution in [0.15, 0.2) is 10.5 Å². The lowest BCUT2D eigenvalue weighted by Gasteiger charge is -2.08. The van der Waals surface area contributed by atoms with E-state index >= 15 is 0 Å². The van der Waals surface area contributed by atoms with E-state index in [1.807, 2.05) is 6.92 Å². The normalized spacial score (nSPS) is 11.1. The lowest BCUT2D eigenvalue weighted by Crippen LogP contribution is -1.99. The van der Waals surface area contributed by atoms with Crippen molar-refractivity contribution in [3.63, 3.8) is 0 Å². The second-order valence-electron chi connectivity index (χ2n) is 3.45. The van der Waals surface area contributed by atoms with Crippen LogP contribution >= 0.6 is 27.5 Å². The quantitative estimate of drug-likeness (QED) is 0.743. The summed E-state index contributed by atoms with van der Waals surface area (Å²) in [5, 5.41) is 1.02. The van der Waals surface area contributed by atoms with Gasteiger partial charge in [-0.25, -0.2) is 14.4 Å². The summed E-state index contributed by atoms with van der Waals surface area (Å²) in [6.45, 7) is 3.72. The van der Waals surface area contributed by atoms with Gasteiger partial charge in [-0.2, -0.15) is 0 Å². The molecule has 1 aromatic carbocycles. The molecular weight excluding hydrogens is 294 g/mol. The Bertz CT molecular complexity index is 572. The van der Waals surface area contributed by atoms with E-state index < -0.39 is 5.82 Å². The molecule has 0 spiro atoms. The SMILES string of the molecule is CCc1nc(C)nc2c(F)c(Br)c(Cl)cc12. The van der Waals surface area contributed by atoms with Gasteiger partial charge < -0.3 is 0 Å². The van der Waals surface area contributed by atoms with E-state index in [9.17, 15) is 4.39 Å². The van der Waals surface area contributed by atoms with Gasteiger partial charge in [-0.3, -0.25) is 0 Å². The largest absolute Gasteiger partial charge is 0.238 e. The molecule has 0 atom stereocenters. The zero-order valence-electron chi connectivity index (χ0n) is 8.81. The molecular formula is C11H9BrClFN2. The first-order valence-corrected chi connectivity index (χ1v) is 6.02. The van der Waals surface area contributed by atoms with Crippen molar-refractivity contribution >= 4 is 38.4 Å². The lowest BCUT2D eigenvalue weighted by atomic mass is 10.1. The van der Waals surface area contributed by atoms with Crippen molar-refractivity contribution in [2.45, 2.75) is 20.3 Å². The highest BCUT2D eigenvalue weighted by Gasteiger charge is 2.14. The summed E-state index contributed by atoms with van der Waals surface area (Å²) in [7, 11) is 0. The number of benzene rings is 1. The van der Waals surface area contributed by atoms with E-state index in [0.29, 0.717) is 21.7 Å². The molecule has 0 unspecified atom stereocenters. The summed E-state index contributed by atoms with van der Waals surface area (Å²) in [6, 6.07) is 1.70. The van der Waals surface area contributed by atoms with Crippen molar-refractivity contribution in [3.8, 4) is 0 Å². The summed E-state index contributed by atoms with van der Waals surface area (Å²) in [6.07, 6.45) is 0.720. The predicted octanol–water partition coefficient (Wildman–Crippen LogP) is 4.06. The average molecular weight is 304 g/mol. The molecule has 2 nitrogen and oxygen atoms in total. The third-order valence-corrected chi connectivity index (χ3v) is 3.65. The number of aromatic nitrogens is 2. The number of fused-ring (bicyclic) bond motifs is 1. The number of hydrogen-bond acceptors (Lipinski definition) is 2. The Morgan fingerprint density at radius 3 is 2.75 bits per heavy atom. The fourth-order valence-electron chi connectivity index (χ4n) is 1.63. The van der Waals surface area contributed by atoms with E-state index in [-0.39, 0.29) is 4.47 Å². The Labute approximate surface area is 106 Å². The number of rotatable bonds is 1. The fraction of sp³-hybridized carbons (Fsp3) is 0.273. The molecule has 0 N–H and O–H groups in total. The molecule has 0 aliphatic heterocycles. The van der Waals surface area contributed by atoms with Gasteiger partial charge in [-0.15, -0.1) is 0 Å². The third kappa shape index (κ3) is 1.80. The molecule has 0 radical (unpaired) electrons. The van der Waals surface area contributed by atoms with Crippen LogP contribution in [-0.4, -0.2) is 9.97 Å². The topological polar surface area (TPSA) is 25.8 Å². The van der Waals surface area contributed by atoms with E-state index in [1.54, 1.807) is 13.0 Å². The van der Waals surface area contributed by atoms with Gasteiger partial charge in [-0.1, -0.05) is 18.5 Å². The highest BCUT2D eigenvalue weighted by molar-refractivity contribution is 9.10. The van der Waals surface area contributed by atoms with E-state index in [0.717, 1.165) is 12.1 Å². The molecule has 0 saturated carbocycles. The number of halogens is 3. The van der Waals surface area contributed by atoms with Crippen LogP contribution in [0.3, 0.4) is 0 Å². The average Bonchev–Trinajstić information content (AvgIpc) is 2.26. The van der Waals surface area contributed by atoms with Crippen LogP contribution in [-0.2, 0) is 6.42 Å². The summed E-state index contributed by atoms with van der Waals surface area (Å²) in [4.78, 5) is 8.39. The van der Waals surface area contributed by atoms with Gasteiger partial charge in [0, 0.05) is 5.39 Å². The maximum atomic E-state index is 13.9. The Morgan fingerprint density at radius 1 is 1.44 bits per heavy atom. The van der Waals surface area contributed by atoms with Crippen molar-refractivity contribution in [2.75, 3.05) is 0 Å². The van der Waals surface area contributed by atoms with Gasteiger partial charge in [0.1, 0.15) is 11.3 Å². The van der Waals surface area contributed by atoms with Gasteiger partial charge in [0.25, 0.3) is 0 Å². The van der Waals surface area contributed by atoms with Crippen LogP contribution in [0.4, 0.5) is 4.39 Å². The van der Waals surface area contributed by atoms with Gasteiger partial charge >= 0.3 is 0 Å². The second-order valence-corrected chi connectivity index (χ2v) is 4.65. The molecule has 2 rings (SSSR count). The van der Waals surface area contributed by atoms with E-state index in [1.165, 1.54) is 0 Å². The first-order chi connectivity index (χ1) is 7.54. The monoisotopic (exact) mass is 302 g/mol. The van der Waals surface area contributed by atoms with Crippen molar-refractivity contribution < 1.29 is 4.39 Å². The molecule has 0 saturated heterocycles. The van der Waals surface area contributed by atoms with Gasteiger partial charge in [0.15, 0.2) is 5.82 Å². The van der Waals surface area contributed by atoms with Crippen molar-refractivity contribution in [1.82, 2.24) is 9.97 Å². The minimum atomic E-state index is -0.428. The number of nitrogens with zero attached hydrogens (tertiary/aromatic N) is 2. The maximum absolute atomic E-state index is 13.9. The zero-order chi connectivity index (χ0) is 11.9. The molecule has 5 heteroatoms. The predicted molar refractivity (Wildman–Crippen MR) is 66.3 cm³/mol. The first kappa shape index (κ1) is 11.7. The molecule has 1 heterocycles. The first-order valence-electron chi connectivity index (χ1n) is 4.85. The van der Waals surface area contributed by atoms with Crippen LogP contribution in [0, 0.1) is 12.7 Å². The minimum absolute atomic E-state index is 0.252. The fourth-order valence-corrected chi connectivity index (χ4v) is 2.12. The lowest BCUT2D eigenvalue weighted by molar-refractivity contribution is 0.629. The molecule has 0 fully saturated rings. The van der Waals surface area contributed by atoms with Crippen LogP contribution in [0.25, 0.3) is 10.9 Å². The van der Waals surface area contributed by atoms with E-state index in [4.69, 9.17) is 11.6 Å². The standard InChI is InChI=1S/C11H9BrClFN2/c1-3-8-6-4-7(13)9(12)10(14)11(6)16-5(2)15-8/h4H,3H2,1-2H3. The van der Waals surface area contributed by atoms with E-state index in [2.05, 4.69) is 25.9 Å². The van der Waals surface area contributed by atoms with Crippen LogP contribution in [0.1, 0.15) is 18.4 Å². The minimum Gasteiger partial charge on any atom is -0.238 e.